The highest BCUT2D eigenvalue weighted by Gasteiger charge is 2.09. The number of rotatable bonds is 7. The summed E-state index contributed by atoms with van der Waals surface area (Å²) in [6.45, 7) is 4.15. The van der Waals surface area contributed by atoms with Crippen LogP contribution in [0.5, 0.6) is 11.5 Å². The van der Waals surface area contributed by atoms with Gasteiger partial charge in [-0.1, -0.05) is 25.1 Å². The van der Waals surface area contributed by atoms with Crippen LogP contribution in [0.4, 0.5) is 11.5 Å². The van der Waals surface area contributed by atoms with Crippen LogP contribution in [0.3, 0.4) is 0 Å². The molecule has 138 valence electrons. The number of hydrogen-bond donors (Lipinski definition) is 2. The Kier molecular flexibility index (Phi) is 5.99. The second kappa shape index (κ2) is 8.80. The van der Waals surface area contributed by atoms with E-state index in [0.29, 0.717) is 23.3 Å². The van der Waals surface area contributed by atoms with Crippen molar-refractivity contribution in [2.75, 3.05) is 10.6 Å². The van der Waals surface area contributed by atoms with Crippen LogP contribution in [0, 0.1) is 0 Å². The number of carbonyl (C=O) groups excluding carboxylic acids is 1. The number of benzene rings is 2. The maximum absolute atomic E-state index is 12.3. The first-order valence-corrected chi connectivity index (χ1v) is 8.87. The van der Waals surface area contributed by atoms with Gasteiger partial charge in [-0.2, -0.15) is 0 Å². The number of aromatic nitrogens is 2. The molecule has 1 heterocycles. The molecule has 0 fully saturated rings. The van der Waals surface area contributed by atoms with Gasteiger partial charge in [0.2, 0.25) is 0 Å². The van der Waals surface area contributed by atoms with E-state index in [9.17, 15) is 4.79 Å². The molecular weight excluding hydrogens is 340 g/mol. The average Bonchev–Trinajstić information content (AvgIpc) is 2.70. The zero-order valence-electron chi connectivity index (χ0n) is 15.3. The van der Waals surface area contributed by atoms with Gasteiger partial charge in [0, 0.05) is 11.7 Å². The zero-order valence-corrected chi connectivity index (χ0v) is 15.3. The Balaban J connectivity index is 1.59. The molecule has 0 saturated carbocycles. The van der Waals surface area contributed by atoms with Gasteiger partial charge in [0.05, 0.1) is 12.4 Å². The summed E-state index contributed by atoms with van der Waals surface area (Å²) < 4.78 is 5.73. The van der Waals surface area contributed by atoms with Gasteiger partial charge >= 0.3 is 0 Å². The van der Waals surface area contributed by atoms with E-state index in [2.05, 4.69) is 34.4 Å². The van der Waals surface area contributed by atoms with Gasteiger partial charge in [0.15, 0.2) is 0 Å². The molecule has 3 rings (SSSR count). The summed E-state index contributed by atoms with van der Waals surface area (Å²) in [4.78, 5) is 20.7. The first-order chi connectivity index (χ1) is 13.1. The Morgan fingerprint density at radius 1 is 1.00 bits per heavy atom. The number of hydrogen-bond acceptors (Lipinski definition) is 5. The van der Waals surface area contributed by atoms with Crippen molar-refractivity contribution in [3.63, 3.8) is 0 Å². The molecule has 2 N–H and O–H groups in total. The minimum absolute atomic E-state index is 0.259. The smallest absolute Gasteiger partial charge is 0.275 e. The monoisotopic (exact) mass is 362 g/mol. The fourth-order valence-corrected chi connectivity index (χ4v) is 2.30. The number of ether oxygens (including phenoxy) is 1. The van der Waals surface area contributed by atoms with Gasteiger partial charge < -0.3 is 15.4 Å². The first-order valence-electron chi connectivity index (χ1n) is 8.87. The van der Waals surface area contributed by atoms with Crippen LogP contribution in [0.2, 0.25) is 0 Å². The van der Waals surface area contributed by atoms with E-state index in [1.807, 2.05) is 30.3 Å². The highest BCUT2D eigenvalue weighted by Crippen LogP contribution is 2.22. The topological polar surface area (TPSA) is 76.1 Å². The standard InChI is InChI=1S/C21H22N4O2/c1-3-15(2)24-20-14-22-19(13-23-20)21(26)25-16-9-11-18(12-10-16)27-17-7-5-4-6-8-17/h4-15H,3H2,1-2H3,(H,23,24)(H,25,26). The Labute approximate surface area is 158 Å². The molecule has 1 aromatic heterocycles. The Morgan fingerprint density at radius 2 is 1.70 bits per heavy atom. The molecule has 27 heavy (non-hydrogen) atoms. The molecule has 0 aliphatic heterocycles. The quantitative estimate of drug-likeness (QED) is 0.635. The highest BCUT2D eigenvalue weighted by atomic mass is 16.5. The van der Waals surface area contributed by atoms with E-state index >= 15 is 0 Å². The van der Waals surface area contributed by atoms with Crippen molar-refractivity contribution in [3.05, 3.63) is 72.7 Å². The third kappa shape index (κ3) is 5.28. The normalized spacial score (nSPS) is 11.5. The van der Waals surface area contributed by atoms with Crippen molar-refractivity contribution >= 4 is 17.4 Å². The molecule has 6 heteroatoms. The summed E-state index contributed by atoms with van der Waals surface area (Å²) in [6, 6.07) is 17.0. The van der Waals surface area contributed by atoms with Crippen molar-refractivity contribution in [3.8, 4) is 11.5 Å². The molecule has 0 bridgehead atoms. The highest BCUT2D eigenvalue weighted by molar-refractivity contribution is 6.02. The predicted molar refractivity (Wildman–Crippen MR) is 106 cm³/mol. The lowest BCUT2D eigenvalue weighted by Crippen LogP contribution is -2.17. The number of carbonyl (C=O) groups is 1. The Hall–Kier alpha value is -3.41. The minimum Gasteiger partial charge on any atom is -0.457 e. The molecule has 0 aliphatic rings. The fraction of sp³-hybridized carbons (Fsp3) is 0.190. The van der Waals surface area contributed by atoms with Gasteiger partial charge in [0.25, 0.3) is 5.91 Å². The fourth-order valence-electron chi connectivity index (χ4n) is 2.30. The summed E-state index contributed by atoms with van der Waals surface area (Å²) >= 11 is 0. The lowest BCUT2D eigenvalue weighted by molar-refractivity contribution is 0.102. The van der Waals surface area contributed by atoms with E-state index in [-0.39, 0.29) is 11.6 Å². The molecule has 1 amide bonds. The Bertz CT molecular complexity index is 865. The molecular formula is C21H22N4O2. The third-order valence-corrected chi connectivity index (χ3v) is 3.98. The van der Waals surface area contributed by atoms with Crippen molar-refractivity contribution in [2.24, 2.45) is 0 Å². The van der Waals surface area contributed by atoms with Crippen molar-refractivity contribution < 1.29 is 9.53 Å². The molecule has 0 radical (unpaired) electrons. The molecule has 0 saturated heterocycles. The number of nitrogens with zero attached hydrogens (tertiary/aromatic N) is 2. The van der Waals surface area contributed by atoms with E-state index in [4.69, 9.17) is 4.74 Å². The second-order valence-electron chi connectivity index (χ2n) is 6.13. The summed E-state index contributed by atoms with van der Waals surface area (Å²) in [5.41, 5.74) is 0.915. The predicted octanol–water partition coefficient (Wildman–Crippen LogP) is 4.73. The lowest BCUT2D eigenvalue weighted by Gasteiger charge is -2.11. The molecule has 1 unspecified atom stereocenters. The second-order valence-corrected chi connectivity index (χ2v) is 6.13. The van der Waals surface area contributed by atoms with Crippen LogP contribution in [-0.4, -0.2) is 21.9 Å². The SMILES string of the molecule is CCC(C)Nc1cnc(C(=O)Nc2ccc(Oc3ccccc3)cc2)cn1. The van der Waals surface area contributed by atoms with Crippen molar-refractivity contribution in [2.45, 2.75) is 26.3 Å². The number of para-hydroxylation sites is 1. The van der Waals surface area contributed by atoms with Crippen molar-refractivity contribution in [1.29, 1.82) is 0 Å². The summed E-state index contributed by atoms with van der Waals surface area (Å²) in [7, 11) is 0. The number of anilines is 2. The molecule has 6 nitrogen and oxygen atoms in total. The lowest BCUT2D eigenvalue weighted by atomic mass is 10.2. The number of amides is 1. The van der Waals surface area contributed by atoms with E-state index in [1.54, 1.807) is 30.5 Å². The average molecular weight is 362 g/mol. The van der Waals surface area contributed by atoms with Crippen molar-refractivity contribution in [1.82, 2.24) is 9.97 Å². The largest absolute Gasteiger partial charge is 0.457 e. The van der Waals surface area contributed by atoms with Gasteiger partial charge in [-0.15, -0.1) is 0 Å². The summed E-state index contributed by atoms with van der Waals surface area (Å²) in [6.07, 6.45) is 4.01. The third-order valence-electron chi connectivity index (χ3n) is 3.98. The zero-order chi connectivity index (χ0) is 19.1. The molecule has 3 aromatic rings. The molecule has 0 spiro atoms. The van der Waals surface area contributed by atoms with Crippen LogP contribution >= 0.6 is 0 Å². The van der Waals surface area contributed by atoms with E-state index in [1.165, 1.54) is 6.20 Å². The maximum Gasteiger partial charge on any atom is 0.275 e. The van der Waals surface area contributed by atoms with Gasteiger partial charge in [0.1, 0.15) is 23.0 Å². The van der Waals surface area contributed by atoms with Gasteiger partial charge in [-0.3, -0.25) is 4.79 Å². The van der Waals surface area contributed by atoms with Crippen LogP contribution in [0.1, 0.15) is 30.8 Å². The molecule has 0 aliphatic carbocycles. The van der Waals surface area contributed by atoms with Crippen LogP contribution in [-0.2, 0) is 0 Å². The van der Waals surface area contributed by atoms with Crippen LogP contribution in [0.15, 0.2) is 67.0 Å². The van der Waals surface area contributed by atoms with E-state index < -0.39 is 0 Å². The van der Waals surface area contributed by atoms with E-state index in [0.717, 1.165) is 12.2 Å². The maximum atomic E-state index is 12.3. The summed E-state index contributed by atoms with van der Waals surface area (Å²) in [5, 5.41) is 6.02. The molecule has 1 atom stereocenters. The van der Waals surface area contributed by atoms with Gasteiger partial charge in [-0.25, -0.2) is 9.97 Å². The minimum atomic E-state index is -0.311. The molecule has 2 aromatic carbocycles. The van der Waals surface area contributed by atoms with Crippen LogP contribution in [0.25, 0.3) is 0 Å². The number of nitrogens with one attached hydrogen (secondary N) is 2. The Morgan fingerprint density at radius 3 is 2.33 bits per heavy atom. The van der Waals surface area contributed by atoms with Gasteiger partial charge in [-0.05, 0) is 49.7 Å². The first kappa shape index (κ1) is 18.4. The van der Waals surface area contributed by atoms with Crippen LogP contribution < -0.4 is 15.4 Å². The summed E-state index contributed by atoms with van der Waals surface area (Å²) in [5.74, 6) is 1.80.